The van der Waals surface area contributed by atoms with Crippen LogP contribution in [0.3, 0.4) is 0 Å². The van der Waals surface area contributed by atoms with E-state index in [0.717, 1.165) is 19.3 Å². The van der Waals surface area contributed by atoms with Gasteiger partial charge in [-0.25, -0.2) is 0 Å². The Kier molecular flexibility index (Phi) is 5.29. The molecule has 0 spiro atoms. The predicted molar refractivity (Wildman–Crippen MR) is 71.9 cm³/mol. The van der Waals surface area contributed by atoms with Gasteiger partial charge in [-0.1, -0.05) is 13.8 Å². The zero-order valence-corrected chi connectivity index (χ0v) is 12.2. The molecule has 0 amide bonds. The fourth-order valence-corrected chi connectivity index (χ4v) is 2.96. The van der Waals surface area contributed by atoms with Crippen molar-refractivity contribution in [2.45, 2.75) is 77.1 Å². The third kappa shape index (κ3) is 6.13. The van der Waals surface area contributed by atoms with Crippen LogP contribution in [0.4, 0.5) is 13.2 Å². The molecule has 0 saturated heterocycles. The van der Waals surface area contributed by atoms with E-state index in [4.69, 9.17) is 5.73 Å². The van der Waals surface area contributed by atoms with Gasteiger partial charge >= 0.3 is 6.18 Å². The molecule has 0 heterocycles. The second-order valence-corrected chi connectivity index (χ2v) is 6.98. The zero-order chi connectivity index (χ0) is 14.7. The maximum absolute atomic E-state index is 12.2. The molecule has 0 aromatic carbocycles. The van der Waals surface area contributed by atoms with Crippen LogP contribution in [0.25, 0.3) is 0 Å². The molecular weight excluding hydrogens is 253 g/mol. The third-order valence-corrected chi connectivity index (χ3v) is 4.16. The largest absolute Gasteiger partial charge is 0.389 e. The first-order chi connectivity index (χ1) is 8.55. The van der Waals surface area contributed by atoms with Gasteiger partial charge in [0.25, 0.3) is 0 Å². The van der Waals surface area contributed by atoms with E-state index in [-0.39, 0.29) is 12.0 Å². The van der Waals surface area contributed by atoms with Crippen molar-refractivity contribution in [3.63, 3.8) is 0 Å². The number of alkyl halides is 3. The maximum Gasteiger partial charge on any atom is 0.389 e. The predicted octanol–water partition coefficient (Wildman–Crippen LogP) is 3.60. The van der Waals surface area contributed by atoms with Crippen LogP contribution in [0.1, 0.15) is 59.3 Å². The first kappa shape index (κ1) is 16.8. The van der Waals surface area contributed by atoms with Crippen LogP contribution >= 0.6 is 0 Å². The first-order valence-corrected chi connectivity index (χ1v) is 7.10. The fraction of sp³-hybridized carbons (Fsp3) is 1.00. The average Bonchev–Trinajstić information content (AvgIpc) is 2.56. The van der Waals surface area contributed by atoms with E-state index in [1.54, 1.807) is 0 Å². The topological polar surface area (TPSA) is 38.0 Å². The van der Waals surface area contributed by atoms with Gasteiger partial charge in [0.1, 0.15) is 0 Å². The highest BCUT2D eigenvalue weighted by Gasteiger charge is 2.35. The van der Waals surface area contributed by atoms with Gasteiger partial charge in [0.2, 0.25) is 0 Å². The highest BCUT2D eigenvalue weighted by Crippen LogP contribution is 2.38. The van der Waals surface area contributed by atoms with Gasteiger partial charge in [0, 0.05) is 24.5 Å². The van der Waals surface area contributed by atoms with Crippen LogP contribution < -0.4 is 11.1 Å². The van der Waals surface area contributed by atoms with E-state index in [0.29, 0.717) is 24.4 Å². The minimum atomic E-state index is -4.06. The van der Waals surface area contributed by atoms with E-state index in [2.05, 4.69) is 19.2 Å². The fourth-order valence-electron chi connectivity index (χ4n) is 2.96. The summed E-state index contributed by atoms with van der Waals surface area (Å²) >= 11 is 0. The highest BCUT2D eigenvalue weighted by atomic mass is 19.4. The zero-order valence-electron chi connectivity index (χ0n) is 12.2. The number of nitrogens with one attached hydrogen (secondary N) is 1. The number of rotatable bonds is 6. The summed E-state index contributed by atoms with van der Waals surface area (Å²) in [5.74, 6) is 0. The summed E-state index contributed by atoms with van der Waals surface area (Å²) in [6.45, 7) is 6.78. The van der Waals surface area contributed by atoms with Crippen molar-refractivity contribution in [3.05, 3.63) is 0 Å². The van der Waals surface area contributed by atoms with Crippen molar-refractivity contribution in [3.8, 4) is 0 Å². The quantitative estimate of drug-likeness (QED) is 0.780. The van der Waals surface area contributed by atoms with Crippen molar-refractivity contribution in [2.24, 2.45) is 11.1 Å². The molecule has 0 radical (unpaired) electrons. The van der Waals surface area contributed by atoms with Crippen LogP contribution in [0, 0.1) is 5.41 Å². The molecule has 0 bridgehead atoms. The lowest BCUT2D eigenvalue weighted by molar-refractivity contribution is -0.136. The van der Waals surface area contributed by atoms with Crippen molar-refractivity contribution >= 4 is 0 Å². The summed E-state index contributed by atoms with van der Waals surface area (Å²) in [6.07, 6.45) is -0.858. The van der Waals surface area contributed by atoms with E-state index in [9.17, 15) is 13.2 Å². The van der Waals surface area contributed by atoms with Crippen LogP contribution in [-0.4, -0.2) is 24.3 Å². The molecule has 19 heavy (non-hydrogen) atoms. The normalized spacial score (nSPS) is 26.4. The molecule has 1 saturated carbocycles. The van der Waals surface area contributed by atoms with E-state index >= 15 is 0 Å². The second kappa shape index (κ2) is 6.00. The van der Waals surface area contributed by atoms with Crippen molar-refractivity contribution in [1.29, 1.82) is 0 Å². The van der Waals surface area contributed by atoms with Crippen LogP contribution in [-0.2, 0) is 0 Å². The minimum Gasteiger partial charge on any atom is -0.329 e. The number of halogens is 3. The summed E-state index contributed by atoms with van der Waals surface area (Å²) in [6, 6.07) is 0.384. The Bertz CT molecular complexity index is 289. The first-order valence-electron chi connectivity index (χ1n) is 7.10. The molecule has 2 unspecified atom stereocenters. The van der Waals surface area contributed by atoms with Gasteiger partial charge in [0.05, 0.1) is 0 Å². The SMILES string of the molecule is CC1(C)CCC(NC(C)(CN)CCCC(F)(F)F)C1. The van der Waals surface area contributed by atoms with Gasteiger partial charge in [-0.3, -0.25) is 0 Å². The lowest BCUT2D eigenvalue weighted by Crippen LogP contribution is -2.52. The Labute approximate surface area is 114 Å². The Hall–Kier alpha value is -0.290. The standard InChI is InChI=1S/C14H27F3N2/c1-12(2)8-5-11(9-12)19-13(3,10-18)6-4-7-14(15,16)17/h11,19H,4-10,18H2,1-3H3. The minimum absolute atomic E-state index is 0.139. The van der Waals surface area contributed by atoms with Crippen molar-refractivity contribution in [2.75, 3.05) is 6.54 Å². The molecule has 2 nitrogen and oxygen atoms in total. The Morgan fingerprint density at radius 2 is 1.89 bits per heavy atom. The van der Waals surface area contributed by atoms with Gasteiger partial charge in [-0.05, 0) is 44.4 Å². The Balaban J connectivity index is 2.42. The maximum atomic E-state index is 12.2. The lowest BCUT2D eigenvalue weighted by Gasteiger charge is -2.33. The van der Waals surface area contributed by atoms with E-state index in [1.807, 2.05) is 6.92 Å². The number of hydrogen-bond donors (Lipinski definition) is 2. The van der Waals surface area contributed by atoms with E-state index in [1.165, 1.54) is 0 Å². The average molecular weight is 280 g/mol. The van der Waals surface area contributed by atoms with Gasteiger partial charge in [-0.15, -0.1) is 0 Å². The molecule has 2 atom stereocenters. The van der Waals surface area contributed by atoms with Crippen molar-refractivity contribution in [1.82, 2.24) is 5.32 Å². The monoisotopic (exact) mass is 280 g/mol. The lowest BCUT2D eigenvalue weighted by atomic mass is 9.90. The molecule has 1 rings (SSSR count). The Morgan fingerprint density at radius 3 is 2.32 bits per heavy atom. The number of nitrogens with two attached hydrogens (primary N) is 1. The molecule has 3 N–H and O–H groups in total. The molecule has 0 aromatic heterocycles. The number of hydrogen-bond acceptors (Lipinski definition) is 2. The van der Waals surface area contributed by atoms with Gasteiger partial charge in [-0.2, -0.15) is 13.2 Å². The van der Waals surface area contributed by atoms with E-state index < -0.39 is 12.6 Å². The molecular formula is C14H27F3N2. The third-order valence-electron chi connectivity index (χ3n) is 4.16. The van der Waals surface area contributed by atoms with Crippen LogP contribution in [0.2, 0.25) is 0 Å². The summed E-state index contributed by atoms with van der Waals surface area (Å²) < 4.78 is 36.6. The van der Waals surface area contributed by atoms with Crippen LogP contribution in [0.5, 0.6) is 0 Å². The molecule has 1 aliphatic rings. The summed E-state index contributed by atoms with van der Waals surface area (Å²) in [5, 5.41) is 3.49. The van der Waals surface area contributed by atoms with Gasteiger partial charge in [0.15, 0.2) is 0 Å². The molecule has 1 aliphatic carbocycles. The van der Waals surface area contributed by atoms with Crippen molar-refractivity contribution < 1.29 is 13.2 Å². The molecule has 0 aromatic rings. The molecule has 5 heteroatoms. The molecule has 1 fully saturated rings. The smallest absolute Gasteiger partial charge is 0.329 e. The summed E-state index contributed by atoms with van der Waals surface area (Å²) in [5.41, 5.74) is 5.71. The highest BCUT2D eigenvalue weighted by molar-refractivity contribution is 4.93. The second-order valence-electron chi connectivity index (χ2n) is 6.98. The van der Waals surface area contributed by atoms with Gasteiger partial charge < -0.3 is 11.1 Å². The molecule has 114 valence electrons. The molecule has 0 aliphatic heterocycles. The summed E-state index contributed by atoms with van der Waals surface area (Å²) in [4.78, 5) is 0. The van der Waals surface area contributed by atoms with Crippen LogP contribution in [0.15, 0.2) is 0 Å². The Morgan fingerprint density at radius 1 is 1.26 bits per heavy atom. The summed E-state index contributed by atoms with van der Waals surface area (Å²) in [7, 11) is 0.